The molecule has 130 valence electrons. The number of aromatic nitrogens is 4. The molecule has 2 unspecified atom stereocenters. The summed E-state index contributed by atoms with van der Waals surface area (Å²) in [5.41, 5.74) is 0.700. The molecular formula is C16H23N5O2S. The number of ether oxygens (including phenoxy) is 1. The van der Waals surface area contributed by atoms with Crippen molar-refractivity contribution in [1.29, 1.82) is 0 Å². The van der Waals surface area contributed by atoms with Crippen LogP contribution in [0.4, 0.5) is 0 Å². The minimum absolute atomic E-state index is 0.115. The Kier molecular flexibility index (Phi) is 5.57. The molecule has 1 saturated carbocycles. The number of rotatable bonds is 6. The van der Waals surface area contributed by atoms with Gasteiger partial charge in [-0.1, -0.05) is 19.8 Å². The van der Waals surface area contributed by atoms with Crippen molar-refractivity contribution in [2.75, 3.05) is 13.2 Å². The summed E-state index contributed by atoms with van der Waals surface area (Å²) in [6.07, 6.45) is 6.67. The molecule has 1 fully saturated rings. The van der Waals surface area contributed by atoms with Gasteiger partial charge in [-0.3, -0.25) is 9.89 Å². The summed E-state index contributed by atoms with van der Waals surface area (Å²) < 4.78 is 5.93. The Morgan fingerprint density at radius 2 is 2.29 bits per heavy atom. The fourth-order valence-electron chi connectivity index (χ4n) is 3.00. The predicted molar refractivity (Wildman–Crippen MR) is 91.9 cm³/mol. The lowest BCUT2D eigenvalue weighted by atomic mass is 9.88. The molecule has 0 bridgehead atoms. The van der Waals surface area contributed by atoms with Crippen molar-refractivity contribution in [2.24, 2.45) is 5.92 Å². The van der Waals surface area contributed by atoms with Gasteiger partial charge in [0.2, 0.25) is 0 Å². The first kappa shape index (κ1) is 17.0. The van der Waals surface area contributed by atoms with Gasteiger partial charge in [0.1, 0.15) is 11.2 Å². The molecule has 0 spiro atoms. The molecule has 2 atom stereocenters. The van der Waals surface area contributed by atoms with E-state index in [1.165, 1.54) is 36.9 Å². The van der Waals surface area contributed by atoms with E-state index in [9.17, 15) is 4.79 Å². The SMILES string of the molecule is Cc1nc(-c2ncn[nH]2)sc1C(=O)NCCOC1CCCCC1C. The fraction of sp³-hybridized carbons (Fsp3) is 0.625. The van der Waals surface area contributed by atoms with Gasteiger partial charge in [0.25, 0.3) is 5.91 Å². The van der Waals surface area contributed by atoms with Crippen molar-refractivity contribution in [3.8, 4) is 10.8 Å². The summed E-state index contributed by atoms with van der Waals surface area (Å²) in [5, 5.41) is 10.1. The van der Waals surface area contributed by atoms with E-state index >= 15 is 0 Å². The largest absolute Gasteiger partial charge is 0.376 e. The van der Waals surface area contributed by atoms with E-state index in [0.717, 1.165) is 6.42 Å². The highest BCUT2D eigenvalue weighted by molar-refractivity contribution is 7.17. The second-order valence-electron chi connectivity index (χ2n) is 6.19. The Labute approximate surface area is 145 Å². The fourth-order valence-corrected chi connectivity index (χ4v) is 3.93. The predicted octanol–water partition coefficient (Wildman–Crippen LogP) is 2.56. The number of hydrogen-bond acceptors (Lipinski definition) is 6. The number of thiazole rings is 1. The normalized spacial score (nSPS) is 20.9. The van der Waals surface area contributed by atoms with Crippen LogP contribution >= 0.6 is 11.3 Å². The van der Waals surface area contributed by atoms with Crippen LogP contribution in [0.1, 0.15) is 48.0 Å². The maximum absolute atomic E-state index is 12.3. The number of hydrogen-bond donors (Lipinski definition) is 2. The third kappa shape index (κ3) is 3.99. The molecule has 0 aliphatic heterocycles. The van der Waals surface area contributed by atoms with Gasteiger partial charge in [-0.25, -0.2) is 9.97 Å². The van der Waals surface area contributed by atoms with Gasteiger partial charge in [0.05, 0.1) is 18.4 Å². The second kappa shape index (κ2) is 7.85. The maximum Gasteiger partial charge on any atom is 0.263 e. The molecule has 0 radical (unpaired) electrons. The summed E-state index contributed by atoms with van der Waals surface area (Å²) >= 11 is 1.31. The minimum Gasteiger partial charge on any atom is -0.376 e. The number of carbonyl (C=O) groups excluding carboxylic acids is 1. The molecule has 2 heterocycles. The Hall–Kier alpha value is -1.80. The standard InChI is InChI=1S/C16H23N5O2S/c1-10-5-3-4-6-12(10)23-8-7-17-15(22)13-11(2)20-16(24-13)14-18-9-19-21-14/h9-10,12H,3-8H2,1-2H3,(H,17,22)(H,18,19,21). The number of nitrogens with zero attached hydrogens (tertiary/aromatic N) is 3. The number of aryl methyl sites for hydroxylation is 1. The summed E-state index contributed by atoms with van der Waals surface area (Å²) in [6, 6.07) is 0. The molecule has 1 amide bonds. The van der Waals surface area contributed by atoms with Crippen LogP contribution in [0.2, 0.25) is 0 Å². The van der Waals surface area contributed by atoms with E-state index in [1.54, 1.807) is 0 Å². The Morgan fingerprint density at radius 3 is 3.04 bits per heavy atom. The number of aromatic amines is 1. The molecule has 1 aliphatic carbocycles. The lowest BCUT2D eigenvalue weighted by Crippen LogP contribution is -2.31. The molecule has 2 aromatic heterocycles. The van der Waals surface area contributed by atoms with Gasteiger partial charge < -0.3 is 10.1 Å². The van der Waals surface area contributed by atoms with Crippen LogP contribution in [0.5, 0.6) is 0 Å². The summed E-state index contributed by atoms with van der Waals surface area (Å²) in [4.78, 5) is 21.4. The van der Waals surface area contributed by atoms with Crippen molar-refractivity contribution in [3.05, 3.63) is 16.9 Å². The summed E-state index contributed by atoms with van der Waals surface area (Å²) in [6.45, 7) is 5.13. The Morgan fingerprint density at radius 1 is 1.46 bits per heavy atom. The molecular weight excluding hydrogens is 326 g/mol. The van der Waals surface area contributed by atoms with E-state index in [1.807, 2.05) is 6.92 Å². The molecule has 3 rings (SSSR count). The van der Waals surface area contributed by atoms with Gasteiger partial charge in [0.15, 0.2) is 10.8 Å². The highest BCUT2D eigenvalue weighted by Crippen LogP contribution is 2.26. The third-order valence-electron chi connectivity index (χ3n) is 4.37. The van der Waals surface area contributed by atoms with Crippen molar-refractivity contribution in [2.45, 2.75) is 45.6 Å². The molecule has 8 heteroatoms. The average Bonchev–Trinajstić information content (AvgIpc) is 3.22. The molecule has 0 saturated heterocycles. The van der Waals surface area contributed by atoms with E-state index in [-0.39, 0.29) is 5.91 Å². The second-order valence-corrected chi connectivity index (χ2v) is 7.19. The average molecular weight is 349 g/mol. The number of carbonyl (C=O) groups is 1. The summed E-state index contributed by atoms with van der Waals surface area (Å²) in [7, 11) is 0. The highest BCUT2D eigenvalue weighted by Gasteiger charge is 2.22. The van der Waals surface area contributed by atoms with Crippen molar-refractivity contribution in [3.63, 3.8) is 0 Å². The zero-order chi connectivity index (χ0) is 16.9. The van der Waals surface area contributed by atoms with Crippen LogP contribution in [0.25, 0.3) is 10.8 Å². The van der Waals surface area contributed by atoms with Gasteiger partial charge >= 0.3 is 0 Å². The van der Waals surface area contributed by atoms with E-state index < -0.39 is 0 Å². The molecule has 1 aliphatic rings. The van der Waals surface area contributed by atoms with Gasteiger partial charge in [-0.2, -0.15) is 5.10 Å². The quantitative estimate of drug-likeness (QED) is 0.782. The van der Waals surface area contributed by atoms with Gasteiger partial charge in [0, 0.05) is 6.54 Å². The molecule has 7 nitrogen and oxygen atoms in total. The van der Waals surface area contributed by atoms with E-state index in [2.05, 4.69) is 32.4 Å². The topological polar surface area (TPSA) is 92.8 Å². The lowest BCUT2D eigenvalue weighted by molar-refractivity contribution is -0.00293. The minimum atomic E-state index is -0.115. The third-order valence-corrected chi connectivity index (χ3v) is 5.54. The highest BCUT2D eigenvalue weighted by atomic mass is 32.1. The Balaban J connectivity index is 1.48. The van der Waals surface area contributed by atoms with Crippen molar-refractivity contribution < 1.29 is 9.53 Å². The van der Waals surface area contributed by atoms with Crippen LogP contribution < -0.4 is 5.32 Å². The molecule has 0 aromatic carbocycles. The zero-order valence-electron chi connectivity index (χ0n) is 14.0. The first-order valence-corrected chi connectivity index (χ1v) is 9.19. The Bertz CT molecular complexity index is 670. The van der Waals surface area contributed by atoms with Crippen molar-refractivity contribution in [1.82, 2.24) is 25.5 Å². The van der Waals surface area contributed by atoms with Crippen LogP contribution in [-0.2, 0) is 4.74 Å². The number of amides is 1. The first-order chi connectivity index (χ1) is 11.6. The monoisotopic (exact) mass is 349 g/mol. The van der Waals surface area contributed by atoms with Crippen LogP contribution in [-0.4, -0.2) is 45.3 Å². The first-order valence-electron chi connectivity index (χ1n) is 8.38. The van der Waals surface area contributed by atoms with Crippen LogP contribution in [0.3, 0.4) is 0 Å². The molecule has 2 aromatic rings. The van der Waals surface area contributed by atoms with Crippen molar-refractivity contribution >= 4 is 17.2 Å². The van der Waals surface area contributed by atoms with Crippen LogP contribution in [0.15, 0.2) is 6.33 Å². The van der Waals surface area contributed by atoms with E-state index in [0.29, 0.717) is 46.6 Å². The molecule has 2 N–H and O–H groups in total. The van der Waals surface area contributed by atoms with Gasteiger partial charge in [-0.05, 0) is 25.7 Å². The van der Waals surface area contributed by atoms with E-state index in [4.69, 9.17) is 4.74 Å². The smallest absolute Gasteiger partial charge is 0.263 e. The zero-order valence-corrected chi connectivity index (χ0v) is 14.9. The van der Waals surface area contributed by atoms with Gasteiger partial charge in [-0.15, -0.1) is 11.3 Å². The number of H-pyrrole nitrogens is 1. The molecule has 24 heavy (non-hydrogen) atoms. The lowest BCUT2D eigenvalue weighted by Gasteiger charge is -2.28. The number of nitrogens with one attached hydrogen (secondary N) is 2. The summed E-state index contributed by atoms with van der Waals surface area (Å²) in [5.74, 6) is 1.08. The maximum atomic E-state index is 12.3. The van der Waals surface area contributed by atoms with Crippen LogP contribution in [0, 0.1) is 12.8 Å².